The van der Waals surface area contributed by atoms with Crippen LogP contribution in [-0.4, -0.2) is 14.5 Å². The van der Waals surface area contributed by atoms with Crippen LogP contribution in [-0.2, 0) is 0 Å². The first-order chi connectivity index (χ1) is 30.2. The fraction of sp³-hybridized carbons (Fsp3) is 0. The number of benzene rings is 10. The predicted octanol–water partition coefficient (Wildman–Crippen LogP) is 15.4. The van der Waals surface area contributed by atoms with E-state index in [-0.39, 0.29) is 0 Å². The van der Waals surface area contributed by atoms with E-state index in [2.05, 4.69) is 223 Å². The van der Waals surface area contributed by atoms with Crippen LogP contribution in [0.5, 0.6) is 0 Å². The summed E-state index contributed by atoms with van der Waals surface area (Å²) in [4.78, 5) is 10.2. The van der Waals surface area contributed by atoms with E-state index in [9.17, 15) is 0 Å². The summed E-state index contributed by atoms with van der Waals surface area (Å²) in [6.45, 7) is 0. The molecule has 0 radical (unpaired) electrons. The van der Waals surface area contributed by atoms with Gasteiger partial charge in [0.15, 0.2) is 0 Å². The van der Waals surface area contributed by atoms with Gasteiger partial charge in [0.05, 0.1) is 34.0 Å². The molecule has 0 N–H and O–H groups in total. The summed E-state index contributed by atoms with van der Waals surface area (Å²) in [7, 11) is 0. The summed E-state index contributed by atoms with van der Waals surface area (Å²) >= 11 is 0. The van der Waals surface area contributed by atoms with Crippen LogP contribution in [0.1, 0.15) is 0 Å². The van der Waals surface area contributed by atoms with E-state index < -0.39 is 0 Å². The van der Waals surface area contributed by atoms with Crippen molar-refractivity contribution in [1.82, 2.24) is 14.5 Å². The second-order valence-corrected chi connectivity index (χ2v) is 15.8. The summed E-state index contributed by atoms with van der Waals surface area (Å²) in [5.41, 5.74) is 16.8. The van der Waals surface area contributed by atoms with Crippen molar-refractivity contribution in [3.63, 3.8) is 0 Å². The van der Waals surface area contributed by atoms with Gasteiger partial charge in [0.25, 0.3) is 0 Å². The minimum Gasteiger partial charge on any atom is -0.309 e. The summed E-state index contributed by atoms with van der Waals surface area (Å²) in [5.74, 6) is 0. The van der Waals surface area contributed by atoms with E-state index in [1.54, 1.807) is 0 Å². The second kappa shape index (κ2) is 14.3. The Morgan fingerprint density at radius 3 is 1.41 bits per heavy atom. The molecule has 2 aromatic heterocycles. The maximum atomic E-state index is 5.24. The molecule has 0 aliphatic carbocycles. The number of hydrogen-bond donors (Lipinski definition) is 0. The predicted molar refractivity (Wildman–Crippen MR) is 256 cm³/mol. The lowest BCUT2D eigenvalue weighted by atomic mass is 9.96. The van der Waals surface area contributed by atoms with Gasteiger partial charge in [-0.05, 0) is 91.7 Å². The van der Waals surface area contributed by atoms with Crippen molar-refractivity contribution in [2.45, 2.75) is 0 Å². The lowest BCUT2D eigenvalue weighted by molar-refractivity contribution is 1.18. The highest BCUT2D eigenvalue weighted by Gasteiger charge is 2.15. The number of nitrogens with zero attached hydrogens (tertiary/aromatic N) is 3. The van der Waals surface area contributed by atoms with Gasteiger partial charge in [-0.15, -0.1) is 0 Å². The third-order valence-electron chi connectivity index (χ3n) is 12.2. The Morgan fingerprint density at radius 2 is 0.721 bits per heavy atom. The molecule has 0 bridgehead atoms. The zero-order chi connectivity index (χ0) is 40.3. The molecule has 0 atom stereocenters. The standard InChI is InChI=1S/C58H37N3/c1-2-12-38(13-3-1)39-28-31-47(32-29-39)61-55-23-9-8-20-50(55)51-33-30-45(36-56(51)61)44-16-10-14-42(34-44)40-24-26-41(27-25-40)43-15-11-17-46(35-43)54-37-59-57-52-21-6-4-18-48(52)49-19-5-7-22-53(49)58(57)60-54/h1-37H. The van der Waals surface area contributed by atoms with Gasteiger partial charge in [-0.1, -0.05) is 182 Å². The average molecular weight is 776 g/mol. The van der Waals surface area contributed by atoms with Crippen molar-refractivity contribution >= 4 is 54.4 Å². The fourth-order valence-corrected chi connectivity index (χ4v) is 9.22. The molecule has 0 saturated carbocycles. The lowest BCUT2D eigenvalue weighted by Crippen LogP contribution is -1.94. The number of rotatable bonds is 6. The maximum absolute atomic E-state index is 5.24. The maximum Gasteiger partial charge on any atom is 0.0979 e. The third-order valence-corrected chi connectivity index (χ3v) is 12.2. The van der Waals surface area contributed by atoms with Gasteiger partial charge in [0.2, 0.25) is 0 Å². The van der Waals surface area contributed by atoms with E-state index in [4.69, 9.17) is 9.97 Å². The second-order valence-electron chi connectivity index (χ2n) is 15.8. The number of para-hydroxylation sites is 1. The van der Waals surface area contributed by atoms with Crippen LogP contribution in [0.4, 0.5) is 0 Å². The first-order valence-electron chi connectivity index (χ1n) is 20.8. The first kappa shape index (κ1) is 34.9. The minimum absolute atomic E-state index is 0.864. The lowest BCUT2D eigenvalue weighted by Gasteiger charge is -2.12. The van der Waals surface area contributed by atoms with E-state index in [0.717, 1.165) is 49.9 Å². The Hall–Kier alpha value is -8.14. The molecule has 0 fully saturated rings. The van der Waals surface area contributed by atoms with E-state index in [1.807, 2.05) is 6.20 Å². The Morgan fingerprint density at radius 1 is 0.279 bits per heavy atom. The third kappa shape index (κ3) is 5.98. The molecule has 61 heavy (non-hydrogen) atoms. The topological polar surface area (TPSA) is 30.7 Å². The summed E-state index contributed by atoms with van der Waals surface area (Å²) in [6.07, 6.45) is 1.92. The first-order valence-corrected chi connectivity index (χ1v) is 20.8. The van der Waals surface area contributed by atoms with Gasteiger partial charge in [0, 0.05) is 32.8 Å². The van der Waals surface area contributed by atoms with Crippen LogP contribution in [0.15, 0.2) is 225 Å². The summed E-state index contributed by atoms with van der Waals surface area (Å²) in [5, 5.41) is 7.14. The molecule has 12 aromatic rings. The van der Waals surface area contributed by atoms with Gasteiger partial charge >= 0.3 is 0 Å². The van der Waals surface area contributed by atoms with Crippen LogP contribution in [0.3, 0.4) is 0 Å². The molecule has 0 unspecified atom stereocenters. The highest BCUT2D eigenvalue weighted by Crippen LogP contribution is 2.38. The largest absolute Gasteiger partial charge is 0.309 e. The SMILES string of the molecule is c1ccc(-c2ccc(-n3c4ccccc4c4ccc(-c5cccc(-c6ccc(-c7cccc(-c8cnc9c%10ccccc%10c%10ccccc%10c9n8)c7)cc6)c5)cc43)cc2)cc1. The minimum atomic E-state index is 0.864. The Bertz CT molecular complexity index is 3590. The molecule has 0 saturated heterocycles. The van der Waals surface area contributed by atoms with Crippen LogP contribution in [0.2, 0.25) is 0 Å². The normalized spacial score (nSPS) is 11.6. The molecule has 0 amide bonds. The van der Waals surface area contributed by atoms with Crippen LogP contribution in [0.25, 0.3) is 116 Å². The van der Waals surface area contributed by atoms with Crippen molar-refractivity contribution in [1.29, 1.82) is 0 Å². The van der Waals surface area contributed by atoms with Crippen molar-refractivity contribution in [2.75, 3.05) is 0 Å². The van der Waals surface area contributed by atoms with Crippen molar-refractivity contribution < 1.29 is 0 Å². The molecule has 0 aliphatic rings. The molecular formula is C58H37N3. The molecule has 3 heteroatoms. The summed E-state index contributed by atoms with van der Waals surface area (Å²) < 4.78 is 2.40. The monoisotopic (exact) mass is 775 g/mol. The van der Waals surface area contributed by atoms with E-state index in [1.165, 1.54) is 66.0 Å². The molecule has 0 spiro atoms. The molecule has 3 nitrogen and oxygen atoms in total. The molecule has 284 valence electrons. The average Bonchev–Trinajstić information content (AvgIpc) is 3.68. The van der Waals surface area contributed by atoms with Gasteiger partial charge < -0.3 is 4.57 Å². The number of aromatic nitrogens is 3. The van der Waals surface area contributed by atoms with Crippen molar-refractivity contribution in [3.8, 4) is 61.5 Å². The van der Waals surface area contributed by atoms with Gasteiger partial charge in [-0.25, -0.2) is 4.98 Å². The highest BCUT2D eigenvalue weighted by molar-refractivity contribution is 6.23. The zero-order valence-corrected chi connectivity index (χ0v) is 33.2. The van der Waals surface area contributed by atoms with Crippen molar-refractivity contribution in [2.24, 2.45) is 0 Å². The molecule has 2 heterocycles. The number of fused-ring (bicyclic) bond motifs is 9. The molecule has 0 aliphatic heterocycles. The van der Waals surface area contributed by atoms with Crippen molar-refractivity contribution in [3.05, 3.63) is 225 Å². The van der Waals surface area contributed by atoms with Gasteiger partial charge in [-0.2, -0.15) is 0 Å². The van der Waals surface area contributed by atoms with E-state index in [0.29, 0.717) is 0 Å². The Balaban J connectivity index is 0.863. The quantitative estimate of drug-likeness (QED) is 0.158. The fourth-order valence-electron chi connectivity index (χ4n) is 9.22. The molecular weight excluding hydrogens is 739 g/mol. The van der Waals surface area contributed by atoms with Gasteiger partial charge in [0.1, 0.15) is 0 Å². The van der Waals surface area contributed by atoms with Crippen LogP contribution in [0, 0.1) is 0 Å². The van der Waals surface area contributed by atoms with Crippen LogP contribution >= 0.6 is 0 Å². The molecule has 10 aromatic carbocycles. The highest BCUT2D eigenvalue weighted by atomic mass is 15.0. The van der Waals surface area contributed by atoms with Crippen LogP contribution < -0.4 is 0 Å². The van der Waals surface area contributed by atoms with Gasteiger partial charge in [-0.3, -0.25) is 4.98 Å². The number of hydrogen-bond acceptors (Lipinski definition) is 2. The molecule has 12 rings (SSSR count). The van der Waals surface area contributed by atoms with E-state index >= 15 is 0 Å². The smallest absolute Gasteiger partial charge is 0.0979 e. The Kier molecular flexibility index (Phi) is 8.17. The summed E-state index contributed by atoms with van der Waals surface area (Å²) in [6, 6.07) is 78.5. The zero-order valence-electron chi connectivity index (χ0n) is 33.2. The Labute approximate surface area is 353 Å².